The van der Waals surface area contributed by atoms with Gasteiger partial charge in [0.05, 0.1) is 5.52 Å². The summed E-state index contributed by atoms with van der Waals surface area (Å²) in [6, 6.07) is 10.4. The first kappa shape index (κ1) is 6.86. The van der Waals surface area contributed by atoms with Gasteiger partial charge in [0.25, 0.3) is 0 Å². The predicted molar refractivity (Wildman–Crippen MR) is 44.3 cm³/mol. The highest BCUT2D eigenvalue weighted by Crippen LogP contribution is 2.15. The van der Waals surface area contributed by atoms with E-state index < -0.39 is 0 Å². The van der Waals surface area contributed by atoms with E-state index in [0.29, 0.717) is 5.69 Å². The van der Waals surface area contributed by atoms with Crippen molar-refractivity contribution in [3.63, 3.8) is 0 Å². The molecule has 3 heteroatoms. The lowest BCUT2D eigenvalue weighted by Crippen LogP contribution is -1.88. The van der Waals surface area contributed by atoms with Crippen LogP contribution in [0.25, 0.3) is 10.9 Å². The van der Waals surface area contributed by atoms with Crippen LogP contribution in [0.3, 0.4) is 0 Å². The zero-order chi connectivity index (χ0) is 8.55. The highest BCUT2D eigenvalue weighted by Gasteiger charge is 2.05. The van der Waals surface area contributed by atoms with Crippen molar-refractivity contribution in [2.45, 2.75) is 0 Å². The number of rotatable bonds is 0. The average Bonchev–Trinajstić information content (AvgIpc) is 2.44. The molecule has 0 N–H and O–H groups in total. The van der Waals surface area contributed by atoms with Crippen molar-refractivity contribution in [2.24, 2.45) is 7.05 Å². The van der Waals surface area contributed by atoms with Gasteiger partial charge in [0.15, 0.2) is 5.69 Å². The molecule has 0 aliphatic carbocycles. The smallest absolute Gasteiger partial charge is 0.170 e. The molecule has 3 nitrogen and oxygen atoms in total. The first-order valence-corrected chi connectivity index (χ1v) is 3.56. The minimum atomic E-state index is 0.462. The van der Waals surface area contributed by atoms with E-state index in [1.54, 1.807) is 10.7 Å². The standard InChI is InChI=1S/C9H6N3/c1-12-9-5-3-2-4-7(9)8(6-10)11-12/h3-5H,1H3. The normalized spacial score (nSPS) is 10.0. The van der Waals surface area contributed by atoms with Crippen LogP contribution in [0.15, 0.2) is 18.2 Å². The Morgan fingerprint density at radius 1 is 1.67 bits per heavy atom. The molecular weight excluding hydrogens is 150 g/mol. The molecule has 0 spiro atoms. The maximum Gasteiger partial charge on any atom is 0.170 e. The van der Waals surface area contributed by atoms with E-state index in [1.807, 2.05) is 25.2 Å². The van der Waals surface area contributed by atoms with E-state index >= 15 is 0 Å². The number of nitriles is 1. The molecule has 57 valence electrons. The first-order valence-electron chi connectivity index (χ1n) is 3.56. The summed E-state index contributed by atoms with van der Waals surface area (Å²) in [5.41, 5.74) is 1.43. The van der Waals surface area contributed by atoms with Crippen LogP contribution < -0.4 is 0 Å². The molecular formula is C9H6N3. The summed E-state index contributed by atoms with van der Waals surface area (Å²) in [4.78, 5) is 0. The number of fused-ring (bicyclic) bond motifs is 1. The van der Waals surface area contributed by atoms with Crippen LogP contribution in [0.4, 0.5) is 0 Å². The monoisotopic (exact) mass is 156 g/mol. The van der Waals surface area contributed by atoms with E-state index in [2.05, 4.69) is 11.2 Å². The Labute approximate surface area is 69.8 Å². The first-order chi connectivity index (χ1) is 5.83. The molecule has 2 aromatic rings. The van der Waals surface area contributed by atoms with Gasteiger partial charge in [0.1, 0.15) is 6.07 Å². The van der Waals surface area contributed by atoms with Crippen molar-refractivity contribution in [3.8, 4) is 6.07 Å². The van der Waals surface area contributed by atoms with Gasteiger partial charge in [-0.25, -0.2) is 0 Å². The number of aromatic nitrogens is 2. The number of nitrogens with zero attached hydrogens (tertiary/aromatic N) is 3. The number of aryl methyl sites for hydroxylation is 1. The molecule has 0 aliphatic heterocycles. The van der Waals surface area contributed by atoms with Crippen molar-refractivity contribution in [1.29, 1.82) is 5.26 Å². The molecule has 0 fully saturated rings. The second-order valence-corrected chi connectivity index (χ2v) is 2.53. The van der Waals surface area contributed by atoms with Crippen molar-refractivity contribution in [2.75, 3.05) is 0 Å². The van der Waals surface area contributed by atoms with Gasteiger partial charge in [-0.2, -0.15) is 10.4 Å². The summed E-state index contributed by atoms with van der Waals surface area (Å²) in [6.45, 7) is 0. The maximum atomic E-state index is 8.71. The van der Waals surface area contributed by atoms with E-state index in [0.717, 1.165) is 10.9 Å². The van der Waals surface area contributed by atoms with E-state index in [4.69, 9.17) is 5.26 Å². The Balaban J connectivity index is 2.94. The maximum absolute atomic E-state index is 8.71. The summed E-state index contributed by atoms with van der Waals surface area (Å²) in [7, 11) is 1.82. The number of hydrogen-bond acceptors (Lipinski definition) is 2. The zero-order valence-corrected chi connectivity index (χ0v) is 6.57. The van der Waals surface area contributed by atoms with E-state index in [9.17, 15) is 0 Å². The van der Waals surface area contributed by atoms with Gasteiger partial charge in [-0.1, -0.05) is 6.07 Å². The lowest BCUT2D eigenvalue weighted by Gasteiger charge is -1.89. The van der Waals surface area contributed by atoms with Crippen molar-refractivity contribution in [3.05, 3.63) is 30.0 Å². The highest BCUT2D eigenvalue weighted by molar-refractivity contribution is 5.83. The summed E-state index contributed by atoms with van der Waals surface area (Å²) < 4.78 is 1.70. The van der Waals surface area contributed by atoms with E-state index in [-0.39, 0.29) is 0 Å². The fourth-order valence-electron chi connectivity index (χ4n) is 1.23. The second kappa shape index (κ2) is 2.35. The molecule has 1 heterocycles. The minimum Gasteiger partial charge on any atom is -0.267 e. The SMILES string of the molecule is Cn1nc(C#N)c2c[c]ccc21. The van der Waals surface area contributed by atoms with Gasteiger partial charge in [0, 0.05) is 12.4 Å². The van der Waals surface area contributed by atoms with Crippen LogP contribution in [0.2, 0.25) is 0 Å². The molecule has 0 saturated carbocycles. The highest BCUT2D eigenvalue weighted by atomic mass is 15.3. The molecule has 1 aromatic carbocycles. The van der Waals surface area contributed by atoms with Crippen LogP contribution in [-0.2, 0) is 7.05 Å². The molecule has 0 saturated heterocycles. The third-order valence-corrected chi connectivity index (χ3v) is 1.80. The van der Waals surface area contributed by atoms with Crippen molar-refractivity contribution < 1.29 is 0 Å². The Kier molecular flexibility index (Phi) is 1.34. The quantitative estimate of drug-likeness (QED) is 0.576. The molecule has 1 aromatic heterocycles. The number of benzene rings is 1. The Morgan fingerprint density at radius 3 is 3.25 bits per heavy atom. The van der Waals surface area contributed by atoms with Crippen LogP contribution in [0.1, 0.15) is 5.69 Å². The fraction of sp³-hybridized carbons (Fsp3) is 0.111. The van der Waals surface area contributed by atoms with Gasteiger partial charge in [-0.15, -0.1) is 0 Å². The third kappa shape index (κ3) is 0.785. The summed E-state index contributed by atoms with van der Waals surface area (Å²) in [6.07, 6.45) is 0. The van der Waals surface area contributed by atoms with Gasteiger partial charge in [0.2, 0.25) is 0 Å². The Morgan fingerprint density at radius 2 is 2.50 bits per heavy atom. The molecule has 0 amide bonds. The topological polar surface area (TPSA) is 41.6 Å². The van der Waals surface area contributed by atoms with Gasteiger partial charge in [-0.05, 0) is 18.2 Å². The Bertz CT molecular complexity index is 462. The summed E-state index contributed by atoms with van der Waals surface area (Å²) in [5, 5.41) is 13.6. The zero-order valence-electron chi connectivity index (χ0n) is 6.57. The molecule has 2 rings (SSSR count). The molecule has 0 aliphatic rings. The Hall–Kier alpha value is -1.82. The lowest BCUT2D eigenvalue weighted by molar-refractivity contribution is 0.791. The van der Waals surface area contributed by atoms with Crippen LogP contribution in [0.5, 0.6) is 0 Å². The van der Waals surface area contributed by atoms with Crippen molar-refractivity contribution >= 4 is 10.9 Å². The fourth-order valence-corrected chi connectivity index (χ4v) is 1.23. The second-order valence-electron chi connectivity index (χ2n) is 2.53. The van der Waals surface area contributed by atoms with Gasteiger partial charge < -0.3 is 0 Å². The van der Waals surface area contributed by atoms with Gasteiger partial charge in [-0.3, -0.25) is 4.68 Å². The van der Waals surface area contributed by atoms with E-state index in [1.165, 1.54) is 0 Å². The predicted octanol–water partition coefficient (Wildman–Crippen LogP) is 1.25. The molecule has 1 radical (unpaired) electrons. The number of hydrogen-bond donors (Lipinski definition) is 0. The lowest BCUT2D eigenvalue weighted by atomic mass is 10.2. The van der Waals surface area contributed by atoms with Crippen LogP contribution >= 0.6 is 0 Å². The summed E-state index contributed by atoms with van der Waals surface area (Å²) >= 11 is 0. The van der Waals surface area contributed by atoms with Crippen LogP contribution in [-0.4, -0.2) is 9.78 Å². The molecule has 0 unspecified atom stereocenters. The van der Waals surface area contributed by atoms with Crippen LogP contribution in [0, 0.1) is 17.4 Å². The molecule has 0 atom stereocenters. The minimum absolute atomic E-state index is 0.462. The molecule has 0 bridgehead atoms. The third-order valence-electron chi connectivity index (χ3n) is 1.80. The average molecular weight is 156 g/mol. The summed E-state index contributed by atoms with van der Waals surface area (Å²) in [5.74, 6) is 0. The molecule has 12 heavy (non-hydrogen) atoms. The van der Waals surface area contributed by atoms with Gasteiger partial charge >= 0.3 is 0 Å². The largest absolute Gasteiger partial charge is 0.267 e. The van der Waals surface area contributed by atoms with Crippen molar-refractivity contribution in [1.82, 2.24) is 9.78 Å².